The minimum atomic E-state index is -1.26. The van der Waals surface area contributed by atoms with Gasteiger partial charge >= 0.3 is 6.09 Å². The zero-order chi connectivity index (χ0) is 22.3. The molecule has 166 valence electrons. The largest absolute Gasteiger partial charge is 0.530 e. The van der Waals surface area contributed by atoms with E-state index in [1.807, 2.05) is 60.7 Å². The lowest BCUT2D eigenvalue weighted by molar-refractivity contribution is -0.269. The number of alkyl carbamates (subject to hydrolysis) is 1. The lowest BCUT2D eigenvalue weighted by Gasteiger charge is -2.35. The topological polar surface area (TPSA) is 121 Å². The van der Waals surface area contributed by atoms with Crippen LogP contribution in [0, 0.1) is 0 Å². The molecule has 1 N–H and O–H groups in total. The van der Waals surface area contributed by atoms with E-state index in [2.05, 4.69) is 15.5 Å². The SMILES string of the molecule is O=C(N[C@H](c1ccccc1)c1nc([C@@H]2CCCCN2C(=O)[O-])no1)OCc1ccccc1. The van der Waals surface area contributed by atoms with Crippen molar-refractivity contribution in [1.82, 2.24) is 20.4 Å². The van der Waals surface area contributed by atoms with Gasteiger partial charge in [-0.25, -0.2) is 4.79 Å². The van der Waals surface area contributed by atoms with Crippen LogP contribution in [0.1, 0.15) is 54.2 Å². The highest BCUT2D eigenvalue weighted by Gasteiger charge is 2.30. The van der Waals surface area contributed by atoms with Gasteiger partial charge in [0.15, 0.2) is 5.82 Å². The maximum Gasteiger partial charge on any atom is 0.408 e. The lowest BCUT2D eigenvalue weighted by atomic mass is 10.0. The summed E-state index contributed by atoms with van der Waals surface area (Å²) < 4.78 is 10.8. The summed E-state index contributed by atoms with van der Waals surface area (Å²) in [5, 5.41) is 18.3. The predicted octanol–water partition coefficient (Wildman–Crippen LogP) is 2.96. The van der Waals surface area contributed by atoms with Crippen molar-refractivity contribution in [2.24, 2.45) is 0 Å². The Kier molecular flexibility index (Phi) is 6.64. The zero-order valence-electron chi connectivity index (χ0n) is 17.3. The van der Waals surface area contributed by atoms with Gasteiger partial charge in [0.25, 0.3) is 5.89 Å². The third-order valence-corrected chi connectivity index (χ3v) is 5.35. The first kappa shape index (κ1) is 21.4. The minimum absolute atomic E-state index is 0.117. The molecule has 2 aromatic carbocycles. The number of hydrogen-bond donors (Lipinski definition) is 1. The Morgan fingerprint density at radius 3 is 2.56 bits per heavy atom. The zero-order valence-corrected chi connectivity index (χ0v) is 17.3. The molecule has 2 atom stereocenters. The average molecular weight is 435 g/mol. The highest BCUT2D eigenvalue weighted by Crippen LogP contribution is 2.30. The van der Waals surface area contributed by atoms with Crippen molar-refractivity contribution in [2.75, 3.05) is 6.54 Å². The van der Waals surface area contributed by atoms with Crippen LogP contribution in [0.15, 0.2) is 65.2 Å². The average Bonchev–Trinajstić information content (AvgIpc) is 3.32. The van der Waals surface area contributed by atoms with Crippen molar-refractivity contribution in [1.29, 1.82) is 0 Å². The maximum atomic E-state index is 12.5. The Balaban J connectivity index is 1.52. The van der Waals surface area contributed by atoms with Crippen molar-refractivity contribution in [3.05, 3.63) is 83.5 Å². The quantitative estimate of drug-likeness (QED) is 0.632. The molecule has 0 unspecified atom stereocenters. The van der Waals surface area contributed by atoms with Gasteiger partial charge in [0.2, 0.25) is 0 Å². The number of ether oxygens (including phenoxy) is 1. The van der Waals surface area contributed by atoms with Crippen molar-refractivity contribution in [3.8, 4) is 0 Å². The summed E-state index contributed by atoms with van der Waals surface area (Å²) in [6.45, 7) is 0.481. The fourth-order valence-electron chi connectivity index (χ4n) is 3.73. The van der Waals surface area contributed by atoms with Crippen molar-refractivity contribution in [2.45, 2.75) is 38.0 Å². The van der Waals surface area contributed by atoms with Crippen LogP contribution >= 0.6 is 0 Å². The second kappa shape index (κ2) is 9.95. The number of carbonyl (C=O) groups excluding carboxylic acids is 2. The number of nitrogens with zero attached hydrogens (tertiary/aromatic N) is 3. The molecule has 0 spiro atoms. The maximum absolute atomic E-state index is 12.5. The molecule has 1 saturated heterocycles. The van der Waals surface area contributed by atoms with Crippen molar-refractivity contribution >= 4 is 12.2 Å². The Labute approximate surface area is 185 Å². The van der Waals surface area contributed by atoms with Gasteiger partial charge in [0.05, 0.1) is 6.04 Å². The normalized spacial score (nSPS) is 16.9. The first-order valence-electron chi connectivity index (χ1n) is 10.4. The van der Waals surface area contributed by atoms with Gasteiger partial charge in [-0.1, -0.05) is 65.8 Å². The molecule has 3 aromatic rings. The van der Waals surface area contributed by atoms with Gasteiger partial charge < -0.3 is 29.4 Å². The predicted molar refractivity (Wildman–Crippen MR) is 111 cm³/mol. The lowest BCUT2D eigenvalue weighted by Crippen LogP contribution is -2.46. The third kappa shape index (κ3) is 5.05. The van der Waals surface area contributed by atoms with E-state index >= 15 is 0 Å². The summed E-state index contributed by atoms with van der Waals surface area (Å²) in [5.41, 5.74) is 1.58. The van der Waals surface area contributed by atoms with E-state index in [-0.39, 0.29) is 18.3 Å². The molecule has 1 aliphatic rings. The van der Waals surface area contributed by atoms with Crippen LogP contribution in [-0.2, 0) is 11.3 Å². The van der Waals surface area contributed by atoms with Crippen LogP contribution in [0.2, 0.25) is 0 Å². The molecule has 4 rings (SSSR count). The van der Waals surface area contributed by atoms with E-state index in [0.717, 1.165) is 24.0 Å². The molecule has 2 heterocycles. The van der Waals surface area contributed by atoms with Crippen LogP contribution in [-0.4, -0.2) is 33.8 Å². The monoisotopic (exact) mass is 435 g/mol. The minimum Gasteiger partial charge on any atom is -0.530 e. The molecule has 1 aliphatic heterocycles. The molecular weight excluding hydrogens is 412 g/mol. The summed E-state index contributed by atoms with van der Waals surface area (Å²) in [6, 6.07) is 17.2. The summed E-state index contributed by atoms with van der Waals surface area (Å²) in [5.74, 6) is 0.399. The van der Waals surface area contributed by atoms with Crippen LogP contribution in [0.4, 0.5) is 9.59 Å². The third-order valence-electron chi connectivity index (χ3n) is 5.35. The number of aromatic nitrogens is 2. The molecular formula is C23H23N4O5-. The van der Waals surface area contributed by atoms with Gasteiger partial charge in [-0.15, -0.1) is 0 Å². The van der Waals surface area contributed by atoms with Gasteiger partial charge in [-0.3, -0.25) is 0 Å². The van der Waals surface area contributed by atoms with Crippen LogP contribution in [0.5, 0.6) is 0 Å². The van der Waals surface area contributed by atoms with Gasteiger partial charge in [-0.2, -0.15) is 4.98 Å². The molecule has 32 heavy (non-hydrogen) atoms. The summed E-state index contributed by atoms with van der Waals surface area (Å²) >= 11 is 0. The van der Waals surface area contributed by atoms with Gasteiger partial charge in [-0.05, 0) is 30.4 Å². The number of piperidine rings is 1. The van der Waals surface area contributed by atoms with Gasteiger partial charge in [0.1, 0.15) is 18.7 Å². The van der Waals surface area contributed by atoms with E-state index in [9.17, 15) is 14.7 Å². The summed E-state index contributed by atoms with van der Waals surface area (Å²) in [4.78, 5) is 29.6. The molecule has 2 amide bonds. The first-order chi connectivity index (χ1) is 15.6. The van der Waals surface area contributed by atoms with E-state index in [1.54, 1.807) is 0 Å². The standard InChI is InChI=1S/C23H24N4O5/c28-22(31-15-16-9-3-1-4-10-16)24-19(17-11-5-2-6-12-17)21-25-20(26-32-21)18-13-7-8-14-27(18)23(29)30/h1-6,9-12,18-19H,7-8,13-15H2,(H,24,28)(H,29,30)/p-1/t18-,19+/m0/s1. The number of nitrogens with one attached hydrogen (secondary N) is 1. The second-order valence-electron chi connectivity index (χ2n) is 7.51. The Morgan fingerprint density at radius 1 is 1.12 bits per heavy atom. The Morgan fingerprint density at radius 2 is 1.84 bits per heavy atom. The highest BCUT2D eigenvalue weighted by atomic mass is 16.5. The van der Waals surface area contributed by atoms with Gasteiger partial charge in [0, 0.05) is 6.54 Å². The number of carbonyl (C=O) groups is 2. The number of carboxylic acid groups (broad SMARTS) is 1. The summed E-state index contributed by atoms with van der Waals surface area (Å²) in [7, 11) is 0. The van der Waals surface area contributed by atoms with E-state index in [4.69, 9.17) is 9.26 Å². The van der Waals surface area contributed by atoms with E-state index in [1.165, 1.54) is 4.90 Å². The van der Waals surface area contributed by atoms with E-state index in [0.29, 0.717) is 13.0 Å². The fourth-order valence-corrected chi connectivity index (χ4v) is 3.73. The Bertz CT molecular complexity index is 1040. The molecule has 9 nitrogen and oxygen atoms in total. The molecule has 1 aromatic heterocycles. The van der Waals surface area contributed by atoms with Crippen LogP contribution < -0.4 is 10.4 Å². The Hall–Kier alpha value is -3.88. The molecule has 0 radical (unpaired) electrons. The smallest absolute Gasteiger partial charge is 0.408 e. The van der Waals surface area contributed by atoms with Crippen LogP contribution in [0.3, 0.4) is 0 Å². The number of hydrogen-bond acceptors (Lipinski definition) is 7. The highest BCUT2D eigenvalue weighted by molar-refractivity contribution is 5.68. The number of likely N-dealkylation sites (tertiary alicyclic amines) is 1. The van der Waals surface area contributed by atoms with Crippen LogP contribution in [0.25, 0.3) is 0 Å². The molecule has 9 heteroatoms. The summed E-state index contributed by atoms with van der Waals surface area (Å²) in [6.07, 6.45) is 0.288. The number of rotatable bonds is 6. The number of amides is 2. The van der Waals surface area contributed by atoms with Crippen molar-refractivity contribution in [3.63, 3.8) is 0 Å². The fraction of sp³-hybridized carbons (Fsp3) is 0.304. The van der Waals surface area contributed by atoms with Crippen molar-refractivity contribution < 1.29 is 24.0 Å². The van der Waals surface area contributed by atoms with E-state index < -0.39 is 24.3 Å². The molecule has 0 aliphatic carbocycles. The molecule has 0 bridgehead atoms. The second-order valence-corrected chi connectivity index (χ2v) is 7.51. The first-order valence-corrected chi connectivity index (χ1v) is 10.4. The molecule has 0 saturated carbocycles. The molecule has 1 fully saturated rings. The number of benzene rings is 2.